The average Bonchev–Trinajstić information content (AvgIpc) is 2.89. The summed E-state index contributed by atoms with van der Waals surface area (Å²) in [6.45, 7) is 5.90. The predicted octanol–water partition coefficient (Wildman–Crippen LogP) is 2.81. The molecule has 0 unspecified atom stereocenters. The molecule has 0 saturated carbocycles. The molecular weight excluding hydrogens is 238 g/mol. The highest BCUT2D eigenvalue weighted by molar-refractivity contribution is 5.46. The van der Waals surface area contributed by atoms with E-state index in [1.807, 2.05) is 18.3 Å². The number of pyridine rings is 1. The van der Waals surface area contributed by atoms with E-state index in [0.29, 0.717) is 6.04 Å². The van der Waals surface area contributed by atoms with Crippen LogP contribution in [-0.4, -0.2) is 18.1 Å². The van der Waals surface area contributed by atoms with Crippen LogP contribution in [0.2, 0.25) is 0 Å². The number of hydrogen-bond acceptors (Lipinski definition) is 4. The van der Waals surface area contributed by atoms with Gasteiger partial charge >= 0.3 is 0 Å². The fourth-order valence-electron chi connectivity index (χ4n) is 1.86. The standard InChI is InChI=1S/C15H21N3O/c1-12(2)17-9-14-8-15(4-6-16-14)18(3)10-13-5-7-19-11-13/h4-8,11-12,17H,9-10H2,1-3H3. The highest BCUT2D eigenvalue weighted by atomic mass is 16.3. The van der Waals surface area contributed by atoms with Crippen LogP contribution < -0.4 is 10.2 Å². The SMILES string of the molecule is CC(C)NCc1cc(N(C)Cc2ccoc2)ccn1. The van der Waals surface area contributed by atoms with Crippen LogP contribution in [0, 0.1) is 0 Å². The maximum atomic E-state index is 5.09. The Bertz CT molecular complexity index is 494. The van der Waals surface area contributed by atoms with Gasteiger partial charge in [0.2, 0.25) is 0 Å². The Morgan fingerprint density at radius 3 is 2.89 bits per heavy atom. The summed E-state index contributed by atoms with van der Waals surface area (Å²) in [7, 11) is 2.07. The van der Waals surface area contributed by atoms with Gasteiger partial charge in [0, 0.05) is 43.6 Å². The molecule has 2 rings (SSSR count). The first-order valence-electron chi connectivity index (χ1n) is 6.55. The van der Waals surface area contributed by atoms with Gasteiger partial charge < -0.3 is 14.6 Å². The van der Waals surface area contributed by atoms with Crippen molar-refractivity contribution in [3.63, 3.8) is 0 Å². The molecular formula is C15H21N3O. The molecule has 2 heterocycles. The number of rotatable bonds is 6. The lowest BCUT2D eigenvalue weighted by Gasteiger charge is -2.19. The van der Waals surface area contributed by atoms with Gasteiger partial charge in [0.05, 0.1) is 18.2 Å². The van der Waals surface area contributed by atoms with Crippen LogP contribution >= 0.6 is 0 Å². The van der Waals surface area contributed by atoms with E-state index in [4.69, 9.17) is 4.42 Å². The van der Waals surface area contributed by atoms with Crippen molar-refractivity contribution in [3.05, 3.63) is 48.2 Å². The van der Waals surface area contributed by atoms with Gasteiger partial charge in [-0.05, 0) is 18.2 Å². The second kappa shape index (κ2) is 6.38. The minimum Gasteiger partial charge on any atom is -0.472 e. The fraction of sp³-hybridized carbons (Fsp3) is 0.400. The van der Waals surface area contributed by atoms with Crippen molar-refractivity contribution in [2.45, 2.75) is 33.0 Å². The van der Waals surface area contributed by atoms with Crippen LogP contribution in [0.5, 0.6) is 0 Å². The Morgan fingerprint density at radius 1 is 1.37 bits per heavy atom. The van der Waals surface area contributed by atoms with Crippen molar-refractivity contribution in [1.29, 1.82) is 0 Å². The van der Waals surface area contributed by atoms with Gasteiger partial charge in [0.15, 0.2) is 0 Å². The van der Waals surface area contributed by atoms with E-state index in [9.17, 15) is 0 Å². The molecule has 0 aliphatic heterocycles. The molecule has 0 amide bonds. The molecule has 0 fully saturated rings. The van der Waals surface area contributed by atoms with Gasteiger partial charge in [-0.15, -0.1) is 0 Å². The van der Waals surface area contributed by atoms with Gasteiger partial charge in [-0.1, -0.05) is 13.8 Å². The summed E-state index contributed by atoms with van der Waals surface area (Å²) in [4.78, 5) is 6.57. The van der Waals surface area contributed by atoms with Crippen molar-refractivity contribution < 1.29 is 4.42 Å². The highest BCUT2D eigenvalue weighted by Crippen LogP contribution is 2.16. The Kier molecular flexibility index (Phi) is 4.58. The summed E-state index contributed by atoms with van der Waals surface area (Å²) in [5.74, 6) is 0. The highest BCUT2D eigenvalue weighted by Gasteiger charge is 2.05. The summed E-state index contributed by atoms with van der Waals surface area (Å²) in [6.07, 6.45) is 5.34. The second-order valence-electron chi connectivity index (χ2n) is 5.03. The zero-order valence-electron chi connectivity index (χ0n) is 11.8. The van der Waals surface area contributed by atoms with Crippen molar-refractivity contribution >= 4 is 5.69 Å². The zero-order valence-corrected chi connectivity index (χ0v) is 11.8. The van der Waals surface area contributed by atoms with Crippen LogP contribution in [0.3, 0.4) is 0 Å². The van der Waals surface area contributed by atoms with Crippen LogP contribution in [0.1, 0.15) is 25.1 Å². The first-order chi connectivity index (χ1) is 9.15. The molecule has 0 aromatic carbocycles. The molecule has 1 N–H and O–H groups in total. The maximum absolute atomic E-state index is 5.09. The molecule has 4 heteroatoms. The van der Waals surface area contributed by atoms with E-state index in [1.54, 1.807) is 12.5 Å². The van der Waals surface area contributed by atoms with Crippen LogP contribution in [-0.2, 0) is 13.1 Å². The summed E-state index contributed by atoms with van der Waals surface area (Å²) in [5.41, 5.74) is 3.39. The first kappa shape index (κ1) is 13.6. The fourth-order valence-corrected chi connectivity index (χ4v) is 1.86. The molecule has 0 aliphatic rings. The predicted molar refractivity (Wildman–Crippen MR) is 77.0 cm³/mol. The van der Waals surface area contributed by atoms with E-state index in [1.165, 1.54) is 5.56 Å². The maximum Gasteiger partial charge on any atom is 0.0952 e. The number of aromatic nitrogens is 1. The van der Waals surface area contributed by atoms with E-state index >= 15 is 0 Å². The molecule has 0 saturated heterocycles. The number of nitrogens with zero attached hydrogens (tertiary/aromatic N) is 2. The number of anilines is 1. The molecule has 19 heavy (non-hydrogen) atoms. The third-order valence-corrected chi connectivity index (χ3v) is 2.93. The summed E-state index contributed by atoms with van der Waals surface area (Å²) >= 11 is 0. The molecule has 4 nitrogen and oxygen atoms in total. The molecule has 0 atom stereocenters. The minimum absolute atomic E-state index is 0.467. The molecule has 102 valence electrons. The summed E-state index contributed by atoms with van der Waals surface area (Å²) < 4.78 is 5.09. The number of hydrogen-bond donors (Lipinski definition) is 1. The molecule has 2 aromatic heterocycles. The van der Waals surface area contributed by atoms with Crippen molar-refractivity contribution in [3.8, 4) is 0 Å². The Hall–Kier alpha value is -1.81. The molecule has 0 bridgehead atoms. The largest absolute Gasteiger partial charge is 0.472 e. The second-order valence-corrected chi connectivity index (χ2v) is 5.03. The first-order valence-corrected chi connectivity index (χ1v) is 6.55. The normalized spacial score (nSPS) is 10.9. The van der Waals surface area contributed by atoms with E-state index < -0.39 is 0 Å². The quantitative estimate of drug-likeness (QED) is 0.866. The topological polar surface area (TPSA) is 41.3 Å². The van der Waals surface area contributed by atoms with Gasteiger partial charge in [0.1, 0.15) is 0 Å². The van der Waals surface area contributed by atoms with Crippen LogP contribution in [0.4, 0.5) is 5.69 Å². The lowest BCUT2D eigenvalue weighted by Crippen LogP contribution is -2.23. The lowest BCUT2D eigenvalue weighted by atomic mass is 10.2. The Balaban J connectivity index is 2.01. The smallest absolute Gasteiger partial charge is 0.0952 e. The van der Waals surface area contributed by atoms with Crippen LogP contribution in [0.25, 0.3) is 0 Å². The van der Waals surface area contributed by atoms with Gasteiger partial charge in [0.25, 0.3) is 0 Å². The van der Waals surface area contributed by atoms with E-state index in [-0.39, 0.29) is 0 Å². The summed E-state index contributed by atoms with van der Waals surface area (Å²) in [5, 5.41) is 3.38. The molecule has 0 radical (unpaired) electrons. The van der Waals surface area contributed by atoms with Gasteiger partial charge in [-0.25, -0.2) is 0 Å². The Morgan fingerprint density at radius 2 is 2.21 bits per heavy atom. The molecule has 2 aromatic rings. The van der Waals surface area contributed by atoms with Crippen molar-refractivity contribution in [2.24, 2.45) is 0 Å². The minimum atomic E-state index is 0.467. The van der Waals surface area contributed by atoms with Crippen molar-refractivity contribution in [2.75, 3.05) is 11.9 Å². The molecule has 0 aliphatic carbocycles. The Labute approximate surface area is 114 Å². The van der Waals surface area contributed by atoms with Crippen LogP contribution in [0.15, 0.2) is 41.3 Å². The van der Waals surface area contributed by atoms with Crippen molar-refractivity contribution in [1.82, 2.24) is 10.3 Å². The van der Waals surface area contributed by atoms with E-state index in [2.05, 4.69) is 42.2 Å². The van der Waals surface area contributed by atoms with Gasteiger partial charge in [-0.2, -0.15) is 0 Å². The third kappa shape index (κ3) is 4.10. The zero-order chi connectivity index (χ0) is 13.7. The molecule has 0 spiro atoms. The van der Waals surface area contributed by atoms with Gasteiger partial charge in [-0.3, -0.25) is 4.98 Å². The number of furan rings is 1. The lowest BCUT2D eigenvalue weighted by molar-refractivity contribution is 0.563. The average molecular weight is 259 g/mol. The third-order valence-electron chi connectivity index (χ3n) is 2.93. The summed E-state index contributed by atoms with van der Waals surface area (Å²) in [6, 6.07) is 6.60. The monoisotopic (exact) mass is 259 g/mol. The number of nitrogens with one attached hydrogen (secondary N) is 1. The van der Waals surface area contributed by atoms with E-state index in [0.717, 1.165) is 24.5 Å².